The number of fused-ring (bicyclic) bond motifs is 1. The molecule has 0 saturated carbocycles. The number of benzene rings is 2. The third kappa shape index (κ3) is 3.29. The molecule has 0 bridgehead atoms. The minimum absolute atomic E-state index is 0.424. The minimum atomic E-state index is -3.79. The van der Waals surface area contributed by atoms with Gasteiger partial charge in [0.2, 0.25) is 10.0 Å². The predicted molar refractivity (Wildman–Crippen MR) is 81.1 cm³/mol. The van der Waals surface area contributed by atoms with Crippen molar-refractivity contribution in [2.24, 2.45) is 0 Å². The number of carbonyl (C=O) groups is 1. The van der Waals surface area contributed by atoms with Gasteiger partial charge in [-0.1, -0.05) is 40.2 Å². The molecule has 0 spiro atoms. The Hall–Kier alpha value is -1.60. The zero-order valence-electron chi connectivity index (χ0n) is 10.6. The van der Waals surface area contributed by atoms with Crippen LogP contribution in [0.25, 0.3) is 10.8 Å². The fourth-order valence-electron chi connectivity index (χ4n) is 1.77. The summed E-state index contributed by atoms with van der Waals surface area (Å²) in [6.07, 6.45) is 0. The Morgan fingerprint density at radius 1 is 1.20 bits per heavy atom. The van der Waals surface area contributed by atoms with Crippen molar-refractivity contribution >= 4 is 48.4 Å². The van der Waals surface area contributed by atoms with E-state index in [9.17, 15) is 13.2 Å². The Labute approximate surface area is 125 Å². The summed E-state index contributed by atoms with van der Waals surface area (Å²) in [5.74, 6) is -1.52. The highest BCUT2D eigenvalue weighted by Gasteiger charge is 2.18. The van der Waals surface area contributed by atoms with Gasteiger partial charge in [-0.3, -0.25) is 9.52 Å². The molecule has 0 saturated heterocycles. The van der Waals surface area contributed by atoms with Crippen LogP contribution in [0.5, 0.6) is 0 Å². The van der Waals surface area contributed by atoms with Gasteiger partial charge in [-0.2, -0.15) is 0 Å². The molecule has 0 aromatic heterocycles. The molecule has 106 valence electrons. The molecule has 0 unspecified atom stereocenters. The van der Waals surface area contributed by atoms with Gasteiger partial charge in [0.15, 0.2) is 5.75 Å². The largest absolute Gasteiger partial charge is 0.468 e. The zero-order valence-corrected chi connectivity index (χ0v) is 13.0. The Kier molecular flexibility index (Phi) is 4.29. The third-order valence-electron chi connectivity index (χ3n) is 2.67. The lowest BCUT2D eigenvalue weighted by Gasteiger charge is -2.11. The van der Waals surface area contributed by atoms with Crippen LogP contribution in [0.1, 0.15) is 0 Å². The third-order valence-corrected chi connectivity index (χ3v) is 4.51. The minimum Gasteiger partial charge on any atom is -0.468 e. The molecule has 0 amide bonds. The predicted octanol–water partition coefficient (Wildman–Crippen LogP) is 2.52. The first-order valence-electron chi connectivity index (χ1n) is 5.67. The van der Waals surface area contributed by atoms with E-state index in [4.69, 9.17) is 0 Å². The number of anilines is 1. The second-order valence-electron chi connectivity index (χ2n) is 4.08. The first kappa shape index (κ1) is 14.8. The molecule has 1 N–H and O–H groups in total. The van der Waals surface area contributed by atoms with Crippen LogP contribution in [0.15, 0.2) is 40.9 Å². The quantitative estimate of drug-likeness (QED) is 0.853. The van der Waals surface area contributed by atoms with Crippen LogP contribution < -0.4 is 4.72 Å². The lowest BCUT2D eigenvalue weighted by molar-refractivity contribution is -0.137. The molecular weight excluding hydrogens is 346 g/mol. The van der Waals surface area contributed by atoms with Crippen molar-refractivity contribution in [3.05, 3.63) is 40.9 Å². The Balaban J connectivity index is 2.40. The van der Waals surface area contributed by atoms with Crippen molar-refractivity contribution in [2.75, 3.05) is 17.6 Å². The van der Waals surface area contributed by atoms with Crippen LogP contribution in [0.2, 0.25) is 0 Å². The van der Waals surface area contributed by atoms with Gasteiger partial charge in [0, 0.05) is 9.86 Å². The van der Waals surface area contributed by atoms with Gasteiger partial charge in [0.25, 0.3) is 0 Å². The molecule has 0 aliphatic heterocycles. The number of esters is 1. The van der Waals surface area contributed by atoms with Crippen molar-refractivity contribution in [3.8, 4) is 0 Å². The Morgan fingerprint density at radius 2 is 1.85 bits per heavy atom. The molecule has 2 aromatic carbocycles. The van der Waals surface area contributed by atoms with Gasteiger partial charge in [0.05, 0.1) is 12.8 Å². The SMILES string of the molecule is COC(=O)CS(=O)(=O)Nc1ccc(Br)c2ccccc12. The van der Waals surface area contributed by atoms with Crippen molar-refractivity contribution in [2.45, 2.75) is 0 Å². The second-order valence-corrected chi connectivity index (χ2v) is 6.65. The number of rotatable bonds is 4. The number of ether oxygens (including phenoxy) is 1. The average molecular weight is 358 g/mol. The van der Waals surface area contributed by atoms with Gasteiger partial charge in [0.1, 0.15) is 0 Å². The molecule has 0 radical (unpaired) electrons. The Morgan fingerprint density at radius 3 is 2.50 bits per heavy atom. The number of sulfonamides is 1. The fraction of sp³-hybridized carbons (Fsp3) is 0.154. The van der Waals surface area contributed by atoms with Crippen molar-refractivity contribution in [1.82, 2.24) is 0 Å². The number of hydrogen-bond donors (Lipinski definition) is 1. The fourth-order valence-corrected chi connectivity index (χ4v) is 3.26. The van der Waals surface area contributed by atoms with Gasteiger partial charge in [-0.15, -0.1) is 0 Å². The van der Waals surface area contributed by atoms with Crippen LogP contribution in [0.4, 0.5) is 5.69 Å². The maximum absolute atomic E-state index is 11.9. The summed E-state index contributed by atoms with van der Waals surface area (Å²) in [6, 6.07) is 10.7. The monoisotopic (exact) mass is 357 g/mol. The van der Waals surface area contributed by atoms with E-state index in [0.717, 1.165) is 22.4 Å². The normalized spacial score (nSPS) is 11.3. The average Bonchev–Trinajstić information content (AvgIpc) is 2.41. The lowest BCUT2D eigenvalue weighted by atomic mass is 10.1. The standard InChI is InChI=1S/C13H12BrNO4S/c1-19-13(16)8-20(17,18)15-12-7-6-11(14)9-4-2-3-5-10(9)12/h2-7,15H,8H2,1H3. The number of halogens is 1. The van der Waals surface area contributed by atoms with Crippen molar-refractivity contribution < 1.29 is 17.9 Å². The molecule has 5 nitrogen and oxygen atoms in total. The molecular formula is C13H12BrNO4S. The molecule has 0 aliphatic carbocycles. The van der Waals surface area contributed by atoms with Crippen molar-refractivity contribution in [3.63, 3.8) is 0 Å². The highest BCUT2D eigenvalue weighted by molar-refractivity contribution is 9.10. The summed E-state index contributed by atoms with van der Waals surface area (Å²) in [4.78, 5) is 11.1. The highest BCUT2D eigenvalue weighted by Crippen LogP contribution is 2.30. The molecule has 20 heavy (non-hydrogen) atoms. The maximum Gasteiger partial charge on any atom is 0.322 e. The summed E-state index contributed by atoms with van der Waals surface area (Å²) in [5.41, 5.74) is 0.424. The molecule has 0 heterocycles. The highest BCUT2D eigenvalue weighted by atomic mass is 79.9. The van der Waals surface area contributed by atoms with Crippen LogP contribution in [0, 0.1) is 0 Å². The first-order chi connectivity index (χ1) is 9.43. The van der Waals surface area contributed by atoms with Gasteiger partial charge >= 0.3 is 5.97 Å². The van der Waals surface area contributed by atoms with Crippen LogP contribution in [-0.2, 0) is 19.6 Å². The van der Waals surface area contributed by atoms with E-state index in [1.165, 1.54) is 0 Å². The van der Waals surface area contributed by atoms with Crippen LogP contribution in [0.3, 0.4) is 0 Å². The summed E-state index contributed by atoms with van der Waals surface area (Å²) in [6.45, 7) is 0. The molecule has 0 fully saturated rings. The van der Waals surface area contributed by atoms with E-state index >= 15 is 0 Å². The van der Waals surface area contributed by atoms with E-state index in [2.05, 4.69) is 25.4 Å². The molecule has 7 heteroatoms. The number of nitrogens with one attached hydrogen (secondary N) is 1. The van der Waals surface area contributed by atoms with Gasteiger partial charge in [-0.05, 0) is 17.5 Å². The van der Waals surface area contributed by atoms with Crippen LogP contribution in [-0.4, -0.2) is 27.2 Å². The van der Waals surface area contributed by atoms with Crippen molar-refractivity contribution in [1.29, 1.82) is 0 Å². The summed E-state index contributed by atoms with van der Waals surface area (Å²) in [5, 5.41) is 1.63. The van der Waals surface area contributed by atoms with Gasteiger partial charge in [-0.25, -0.2) is 8.42 Å². The lowest BCUT2D eigenvalue weighted by Crippen LogP contribution is -2.23. The Bertz CT molecular complexity index is 758. The van der Waals surface area contributed by atoms with Crippen LogP contribution >= 0.6 is 15.9 Å². The number of methoxy groups -OCH3 is 1. The van der Waals surface area contributed by atoms with E-state index in [1.54, 1.807) is 18.2 Å². The molecule has 0 aliphatic rings. The topological polar surface area (TPSA) is 72.5 Å². The van der Waals surface area contributed by atoms with E-state index in [-0.39, 0.29) is 0 Å². The van der Waals surface area contributed by atoms with Gasteiger partial charge < -0.3 is 4.74 Å². The molecule has 2 rings (SSSR count). The first-order valence-corrected chi connectivity index (χ1v) is 8.12. The maximum atomic E-state index is 11.9. The second kappa shape index (κ2) is 5.80. The smallest absolute Gasteiger partial charge is 0.322 e. The molecule has 0 atom stereocenters. The zero-order chi connectivity index (χ0) is 14.8. The summed E-state index contributed by atoms with van der Waals surface area (Å²) in [7, 11) is -2.64. The van der Waals surface area contributed by atoms with E-state index in [1.807, 2.05) is 18.2 Å². The summed E-state index contributed by atoms with van der Waals surface area (Å²) < 4.78 is 31.4. The summed E-state index contributed by atoms with van der Waals surface area (Å²) >= 11 is 3.41. The number of carbonyl (C=O) groups excluding carboxylic acids is 1. The van der Waals surface area contributed by atoms with E-state index in [0.29, 0.717) is 5.69 Å². The molecule has 2 aromatic rings. The number of hydrogen-bond acceptors (Lipinski definition) is 4. The van der Waals surface area contributed by atoms with E-state index < -0.39 is 21.7 Å².